The van der Waals surface area contributed by atoms with Crippen LogP contribution in [-0.4, -0.2) is 91.4 Å². The molecule has 242 valence electrons. The average molecular weight is 611 g/mol. The highest BCUT2D eigenvalue weighted by Gasteiger charge is 2.48. The Hall–Kier alpha value is -2.53. The SMILES string of the molecule is O=CNc1cc([C@@H](O)CNCCCCOCC[N+]23CCC(CC2)[C@@H](OC[C@@](O)(c2ccccc2)C2CCCC2)C3)ccc1O. The summed E-state index contributed by atoms with van der Waals surface area (Å²) in [5, 5.41) is 37.9. The summed E-state index contributed by atoms with van der Waals surface area (Å²) in [4.78, 5) is 10.7. The van der Waals surface area contributed by atoms with E-state index in [-0.39, 0.29) is 23.5 Å². The molecule has 1 aliphatic carbocycles. The van der Waals surface area contributed by atoms with Crippen molar-refractivity contribution in [3.8, 4) is 5.75 Å². The molecule has 2 bridgehead atoms. The highest BCUT2D eigenvalue weighted by atomic mass is 16.5. The lowest BCUT2D eigenvalue weighted by Gasteiger charge is -2.52. The Morgan fingerprint density at radius 1 is 1.02 bits per heavy atom. The van der Waals surface area contributed by atoms with Gasteiger partial charge in [-0.1, -0.05) is 49.2 Å². The molecule has 9 heteroatoms. The fraction of sp³-hybridized carbons (Fsp3) is 0.629. The minimum Gasteiger partial charge on any atom is -0.506 e. The Morgan fingerprint density at radius 2 is 1.80 bits per heavy atom. The zero-order valence-electron chi connectivity index (χ0n) is 26.0. The van der Waals surface area contributed by atoms with E-state index in [4.69, 9.17) is 9.47 Å². The van der Waals surface area contributed by atoms with E-state index in [9.17, 15) is 20.1 Å². The van der Waals surface area contributed by atoms with Crippen LogP contribution in [0.1, 0.15) is 68.6 Å². The Morgan fingerprint density at radius 3 is 2.55 bits per heavy atom. The number of phenolic OH excluding ortho intramolecular Hbond substituents is 1. The van der Waals surface area contributed by atoms with E-state index in [1.165, 1.54) is 44.8 Å². The van der Waals surface area contributed by atoms with Crippen molar-refractivity contribution in [2.75, 3.05) is 64.4 Å². The summed E-state index contributed by atoms with van der Waals surface area (Å²) in [6.45, 7) is 7.43. The number of anilines is 1. The number of piperidine rings is 3. The van der Waals surface area contributed by atoms with Gasteiger partial charge in [0.05, 0.1) is 38.1 Å². The van der Waals surface area contributed by atoms with Gasteiger partial charge < -0.3 is 39.9 Å². The summed E-state index contributed by atoms with van der Waals surface area (Å²) in [5.41, 5.74) is 1.00. The lowest BCUT2D eigenvalue weighted by molar-refractivity contribution is -0.946. The summed E-state index contributed by atoms with van der Waals surface area (Å²) in [5.74, 6) is 0.826. The fourth-order valence-electron chi connectivity index (χ4n) is 7.64. The zero-order chi connectivity index (χ0) is 30.8. The van der Waals surface area contributed by atoms with Crippen molar-refractivity contribution in [1.29, 1.82) is 0 Å². The number of ether oxygens (including phenoxy) is 2. The van der Waals surface area contributed by atoms with E-state index >= 15 is 0 Å². The number of phenols is 1. The van der Waals surface area contributed by atoms with Crippen molar-refractivity contribution in [3.63, 3.8) is 0 Å². The van der Waals surface area contributed by atoms with Crippen molar-refractivity contribution in [3.05, 3.63) is 59.7 Å². The maximum absolute atomic E-state index is 12.0. The van der Waals surface area contributed by atoms with E-state index in [2.05, 4.69) is 22.8 Å². The predicted molar refractivity (Wildman–Crippen MR) is 170 cm³/mol. The number of fused-ring (bicyclic) bond motifs is 3. The summed E-state index contributed by atoms with van der Waals surface area (Å²) >= 11 is 0. The summed E-state index contributed by atoms with van der Waals surface area (Å²) in [7, 11) is 0. The van der Waals surface area contributed by atoms with E-state index in [0.717, 1.165) is 68.6 Å². The third kappa shape index (κ3) is 8.19. The monoisotopic (exact) mass is 610 g/mol. The molecular formula is C35H52N3O6+. The number of hydrogen-bond donors (Lipinski definition) is 5. The molecule has 3 atom stereocenters. The van der Waals surface area contributed by atoms with Gasteiger partial charge in [0.15, 0.2) is 0 Å². The standard InChI is InChI=1S/C35H51N3O6/c39-26-37-31-22-28(12-13-32(31)40)33(41)23-36-16-6-7-20-43-21-19-38-17-14-27(15-18-38)34(24-38)44-25-35(42,30-10-4-5-11-30)29-8-2-1-3-9-29/h1-3,8-9,12-13,22,26-27,30,33-34,36,41-42H,4-7,10-11,14-21,23-25H2,(H-,37,39,40)/p+1/t27?,33-,34-,35+,38?/m0/s1. The number of carbonyl (C=O) groups is 1. The first kappa shape index (κ1) is 32.9. The molecule has 2 aromatic carbocycles. The molecule has 6 rings (SSSR count). The highest BCUT2D eigenvalue weighted by molar-refractivity contribution is 5.75. The smallest absolute Gasteiger partial charge is 0.211 e. The van der Waals surface area contributed by atoms with Gasteiger partial charge in [0.2, 0.25) is 6.41 Å². The number of rotatable bonds is 18. The van der Waals surface area contributed by atoms with E-state index in [1.54, 1.807) is 12.1 Å². The molecule has 2 aromatic rings. The summed E-state index contributed by atoms with van der Waals surface area (Å²) in [6.07, 6.45) is 8.76. The van der Waals surface area contributed by atoms with Gasteiger partial charge in [0.1, 0.15) is 30.5 Å². The molecular weight excluding hydrogens is 558 g/mol. The first-order chi connectivity index (χ1) is 21.4. The number of hydrogen-bond acceptors (Lipinski definition) is 7. The van der Waals surface area contributed by atoms with Crippen molar-refractivity contribution < 1.29 is 34.1 Å². The summed E-state index contributed by atoms with van der Waals surface area (Å²) < 4.78 is 13.8. The molecule has 3 heterocycles. The van der Waals surface area contributed by atoms with Gasteiger partial charge in [-0.2, -0.15) is 0 Å². The maximum atomic E-state index is 12.0. The number of aliphatic hydroxyl groups excluding tert-OH is 1. The number of aromatic hydroxyl groups is 1. The van der Waals surface area contributed by atoms with Crippen LogP contribution in [0.4, 0.5) is 5.69 Å². The second-order valence-electron chi connectivity index (χ2n) is 13.2. The van der Waals surface area contributed by atoms with Crippen LogP contribution in [0.5, 0.6) is 5.75 Å². The van der Waals surface area contributed by atoms with E-state index in [0.29, 0.717) is 31.0 Å². The third-order valence-corrected chi connectivity index (χ3v) is 10.4. The Labute approximate surface area is 262 Å². The van der Waals surface area contributed by atoms with Crippen LogP contribution in [0.25, 0.3) is 0 Å². The van der Waals surface area contributed by atoms with Gasteiger partial charge in [-0.15, -0.1) is 0 Å². The van der Waals surface area contributed by atoms with Crippen molar-refractivity contribution in [2.45, 2.75) is 69.2 Å². The van der Waals surface area contributed by atoms with Crippen LogP contribution in [0, 0.1) is 11.8 Å². The summed E-state index contributed by atoms with van der Waals surface area (Å²) in [6, 6.07) is 14.9. The van der Waals surface area contributed by atoms with Crippen LogP contribution < -0.4 is 10.6 Å². The number of nitrogens with one attached hydrogen (secondary N) is 2. The minimum absolute atomic E-state index is 0.0325. The predicted octanol–water partition coefficient (Wildman–Crippen LogP) is 4.08. The lowest BCUT2D eigenvalue weighted by Crippen LogP contribution is -2.65. The van der Waals surface area contributed by atoms with Crippen LogP contribution in [0.3, 0.4) is 0 Å². The van der Waals surface area contributed by atoms with Crippen molar-refractivity contribution >= 4 is 12.1 Å². The molecule has 0 aromatic heterocycles. The Kier molecular flexibility index (Phi) is 11.7. The molecule has 3 saturated heterocycles. The number of unbranched alkanes of at least 4 members (excludes halogenated alkanes) is 1. The molecule has 4 fully saturated rings. The first-order valence-corrected chi connectivity index (χ1v) is 16.7. The zero-order valence-corrected chi connectivity index (χ0v) is 26.0. The molecule has 1 amide bonds. The quantitative estimate of drug-likeness (QED) is 0.0747. The maximum Gasteiger partial charge on any atom is 0.211 e. The van der Waals surface area contributed by atoms with Gasteiger partial charge in [-0.05, 0) is 61.4 Å². The molecule has 0 unspecified atom stereocenters. The third-order valence-electron chi connectivity index (χ3n) is 10.4. The number of benzene rings is 2. The Bertz CT molecular complexity index is 1170. The van der Waals surface area contributed by atoms with Gasteiger partial charge in [0.25, 0.3) is 0 Å². The van der Waals surface area contributed by atoms with Crippen molar-refractivity contribution in [1.82, 2.24) is 5.32 Å². The minimum atomic E-state index is -0.908. The topological polar surface area (TPSA) is 120 Å². The number of aliphatic hydroxyl groups is 2. The van der Waals surface area contributed by atoms with Gasteiger partial charge in [-0.3, -0.25) is 4.79 Å². The molecule has 4 aliphatic rings. The van der Waals surface area contributed by atoms with Gasteiger partial charge >= 0.3 is 0 Å². The van der Waals surface area contributed by atoms with Gasteiger partial charge in [0, 0.05) is 31.9 Å². The Balaban J connectivity index is 0.990. The van der Waals surface area contributed by atoms with Crippen LogP contribution in [0.15, 0.2) is 48.5 Å². The first-order valence-electron chi connectivity index (χ1n) is 16.7. The highest BCUT2D eigenvalue weighted by Crippen LogP contribution is 2.42. The molecule has 3 aliphatic heterocycles. The number of quaternary nitrogens is 1. The second-order valence-corrected chi connectivity index (χ2v) is 13.2. The fourth-order valence-corrected chi connectivity index (χ4v) is 7.64. The van der Waals surface area contributed by atoms with Gasteiger partial charge in [-0.25, -0.2) is 0 Å². The van der Waals surface area contributed by atoms with Crippen molar-refractivity contribution in [2.24, 2.45) is 11.8 Å². The van der Waals surface area contributed by atoms with Crippen LogP contribution >= 0.6 is 0 Å². The molecule has 0 spiro atoms. The molecule has 1 saturated carbocycles. The average Bonchev–Trinajstić information content (AvgIpc) is 3.61. The normalized spacial score (nSPS) is 25.5. The number of carbonyl (C=O) groups excluding carboxylic acids is 1. The van der Waals surface area contributed by atoms with E-state index in [1.807, 2.05) is 18.2 Å². The van der Waals surface area contributed by atoms with Crippen LogP contribution in [0.2, 0.25) is 0 Å². The second kappa shape index (κ2) is 15.7. The van der Waals surface area contributed by atoms with E-state index < -0.39 is 11.7 Å². The molecule has 5 N–H and O–H groups in total. The number of amides is 1. The lowest BCUT2D eigenvalue weighted by atomic mass is 9.80. The number of nitrogens with zero attached hydrogens (tertiary/aromatic N) is 1. The molecule has 0 radical (unpaired) electrons. The molecule has 44 heavy (non-hydrogen) atoms. The largest absolute Gasteiger partial charge is 0.506 e. The van der Waals surface area contributed by atoms with Crippen LogP contribution in [-0.2, 0) is 19.9 Å². The molecule has 9 nitrogen and oxygen atoms in total.